The zero-order valence-electron chi connectivity index (χ0n) is 12.8. The fourth-order valence-electron chi connectivity index (χ4n) is 3.33. The van der Waals surface area contributed by atoms with Gasteiger partial charge in [0.25, 0.3) is 5.91 Å². The molecule has 1 heterocycles. The molecular formula is C20H18N2O. The van der Waals surface area contributed by atoms with E-state index in [-0.39, 0.29) is 11.9 Å². The van der Waals surface area contributed by atoms with Crippen molar-refractivity contribution >= 4 is 16.8 Å². The number of carbonyl (C=O) groups excluding carboxylic acids is 1. The van der Waals surface area contributed by atoms with Crippen molar-refractivity contribution in [2.45, 2.75) is 25.3 Å². The highest BCUT2D eigenvalue weighted by Gasteiger charge is 2.22. The Hall–Kier alpha value is -2.68. The Morgan fingerprint density at radius 1 is 1.00 bits per heavy atom. The summed E-state index contributed by atoms with van der Waals surface area (Å²) in [5, 5.41) is 4.20. The topological polar surface area (TPSA) is 42.0 Å². The first kappa shape index (κ1) is 13.9. The molecule has 1 atom stereocenters. The number of fused-ring (bicyclic) bond motifs is 2. The monoisotopic (exact) mass is 302 g/mol. The summed E-state index contributed by atoms with van der Waals surface area (Å²) < 4.78 is 0. The van der Waals surface area contributed by atoms with E-state index < -0.39 is 0 Å². The number of pyridine rings is 1. The normalized spacial score (nSPS) is 16.8. The maximum Gasteiger partial charge on any atom is 0.270 e. The van der Waals surface area contributed by atoms with Gasteiger partial charge in [-0.25, -0.2) is 4.98 Å². The SMILES string of the molecule is O=C(N[C@@H]1CCCc2ccccc21)c1ccc2ccccc2n1. The Balaban J connectivity index is 1.60. The molecule has 0 saturated carbocycles. The molecule has 0 radical (unpaired) electrons. The van der Waals surface area contributed by atoms with Crippen molar-refractivity contribution in [1.29, 1.82) is 0 Å². The highest BCUT2D eigenvalue weighted by Crippen LogP contribution is 2.29. The highest BCUT2D eigenvalue weighted by molar-refractivity contribution is 5.95. The van der Waals surface area contributed by atoms with Gasteiger partial charge in [0.2, 0.25) is 0 Å². The van der Waals surface area contributed by atoms with Crippen molar-refractivity contribution in [2.75, 3.05) is 0 Å². The average molecular weight is 302 g/mol. The third-order valence-corrected chi connectivity index (χ3v) is 4.51. The molecule has 0 spiro atoms. The summed E-state index contributed by atoms with van der Waals surface area (Å²) in [6.07, 6.45) is 3.18. The third kappa shape index (κ3) is 2.70. The molecule has 3 nitrogen and oxygen atoms in total. The van der Waals surface area contributed by atoms with Crippen LogP contribution in [0.5, 0.6) is 0 Å². The number of benzene rings is 2. The fraction of sp³-hybridized carbons (Fsp3) is 0.200. The van der Waals surface area contributed by atoms with Gasteiger partial charge in [-0.05, 0) is 42.5 Å². The Morgan fingerprint density at radius 3 is 2.78 bits per heavy atom. The third-order valence-electron chi connectivity index (χ3n) is 4.51. The number of rotatable bonds is 2. The smallest absolute Gasteiger partial charge is 0.270 e. The lowest BCUT2D eigenvalue weighted by Gasteiger charge is -2.26. The molecule has 0 unspecified atom stereocenters. The van der Waals surface area contributed by atoms with Gasteiger partial charge in [0, 0.05) is 5.39 Å². The van der Waals surface area contributed by atoms with Crippen molar-refractivity contribution < 1.29 is 4.79 Å². The van der Waals surface area contributed by atoms with Crippen LogP contribution in [0.15, 0.2) is 60.7 Å². The van der Waals surface area contributed by atoms with Gasteiger partial charge in [-0.1, -0.05) is 48.5 Å². The minimum Gasteiger partial charge on any atom is -0.344 e. The van der Waals surface area contributed by atoms with E-state index in [0.717, 1.165) is 30.2 Å². The van der Waals surface area contributed by atoms with E-state index in [1.54, 1.807) is 6.07 Å². The lowest BCUT2D eigenvalue weighted by atomic mass is 9.87. The van der Waals surface area contributed by atoms with E-state index in [1.165, 1.54) is 11.1 Å². The number of nitrogens with zero attached hydrogens (tertiary/aromatic N) is 1. The number of hydrogen-bond acceptors (Lipinski definition) is 2. The molecule has 1 amide bonds. The molecule has 114 valence electrons. The molecule has 2 aromatic carbocycles. The predicted octanol–water partition coefficient (Wildman–Crippen LogP) is 4.04. The summed E-state index contributed by atoms with van der Waals surface area (Å²) in [5.41, 5.74) is 3.92. The summed E-state index contributed by atoms with van der Waals surface area (Å²) in [6, 6.07) is 20.1. The maximum absolute atomic E-state index is 12.6. The van der Waals surface area contributed by atoms with Crippen molar-refractivity contribution in [3.63, 3.8) is 0 Å². The number of hydrogen-bond donors (Lipinski definition) is 1. The molecule has 0 fully saturated rings. The molecule has 1 aromatic heterocycles. The summed E-state index contributed by atoms with van der Waals surface area (Å²) in [5.74, 6) is -0.0996. The standard InChI is InChI=1S/C20H18N2O/c23-20(19-13-12-15-7-2-4-10-17(15)21-19)22-18-11-5-8-14-6-1-3-9-16(14)18/h1-4,6-7,9-10,12-13,18H,5,8,11H2,(H,22,23)/t18-/m1/s1. The summed E-state index contributed by atoms with van der Waals surface area (Å²) in [7, 11) is 0. The molecule has 3 aromatic rings. The maximum atomic E-state index is 12.6. The lowest BCUT2D eigenvalue weighted by molar-refractivity contribution is 0.0928. The first-order valence-electron chi connectivity index (χ1n) is 8.06. The van der Waals surface area contributed by atoms with Crippen LogP contribution in [0.25, 0.3) is 10.9 Å². The zero-order chi connectivity index (χ0) is 15.6. The first-order valence-corrected chi connectivity index (χ1v) is 8.06. The number of para-hydroxylation sites is 1. The van der Waals surface area contributed by atoms with Crippen LogP contribution in [0, 0.1) is 0 Å². The van der Waals surface area contributed by atoms with Gasteiger partial charge in [-0.2, -0.15) is 0 Å². The Kier molecular flexibility index (Phi) is 3.54. The van der Waals surface area contributed by atoms with Gasteiger partial charge < -0.3 is 5.32 Å². The summed E-state index contributed by atoms with van der Waals surface area (Å²) in [4.78, 5) is 17.1. The van der Waals surface area contributed by atoms with Crippen LogP contribution in [0.4, 0.5) is 0 Å². The molecule has 1 N–H and O–H groups in total. The molecule has 0 bridgehead atoms. The van der Waals surface area contributed by atoms with E-state index in [9.17, 15) is 4.79 Å². The van der Waals surface area contributed by atoms with Gasteiger partial charge >= 0.3 is 0 Å². The Morgan fingerprint density at radius 2 is 1.83 bits per heavy atom. The van der Waals surface area contributed by atoms with Gasteiger partial charge in [0.1, 0.15) is 5.69 Å². The number of carbonyl (C=O) groups is 1. The quantitative estimate of drug-likeness (QED) is 0.776. The van der Waals surface area contributed by atoms with Crippen LogP contribution in [-0.2, 0) is 6.42 Å². The van der Waals surface area contributed by atoms with Crippen LogP contribution >= 0.6 is 0 Å². The molecule has 0 saturated heterocycles. The van der Waals surface area contributed by atoms with Crippen molar-refractivity contribution in [1.82, 2.24) is 10.3 Å². The van der Waals surface area contributed by atoms with Crippen LogP contribution in [-0.4, -0.2) is 10.9 Å². The molecule has 4 rings (SSSR count). The molecule has 23 heavy (non-hydrogen) atoms. The number of nitrogens with one attached hydrogen (secondary N) is 1. The van der Waals surface area contributed by atoms with Crippen LogP contribution in [0.1, 0.15) is 40.5 Å². The highest BCUT2D eigenvalue weighted by atomic mass is 16.1. The predicted molar refractivity (Wildman–Crippen MR) is 91.3 cm³/mol. The van der Waals surface area contributed by atoms with E-state index >= 15 is 0 Å². The molecule has 1 aliphatic carbocycles. The van der Waals surface area contributed by atoms with E-state index in [4.69, 9.17) is 0 Å². The summed E-state index contributed by atoms with van der Waals surface area (Å²) >= 11 is 0. The van der Waals surface area contributed by atoms with Gasteiger partial charge in [0.05, 0.1) is 11.6 Å². The zero-order valence-corrected chi connectivity index (χ0v) is 12.8. The first-order chi connectivity index (χ1) is 11.3. The molecule has 3 heteroatoms. The second kappa shape index (κ2) is 5.84. The van der Waals surface area contributed by atoms with Gasteiger partial charge in [0.15, 0.2) is 0 Å². The minimum atomic E-state index is -0.0996. The van der Waals surface area contributed by atoms with Crippen molar-refractivity contribution in [2.24, 2.45) is 0 Å². The number of aromatic nitrogens is 1. The average Bonchev–Trinajstić information content (AvgIpc) is 2.61. The molecule has 1 aliphatic rings. The van der Waals surface area contributed by atoms with Crippen LogP contribution in [0.2, 0.25) is 0 Å². The lowest BCUT2D eigenvalue weighted by Crippen LogP contribution is -2.31. The minimum absolute atomic E-state index is 0.0840. The van der Waals surface area contributed by atoms with Gasteiger partial charge in [-0.15, -0.1) is 0 Å². The van der Waals surface area contributed by atoms with E-state index in [0.29, 0.717) is 5.69 Å². The number of aryl methyl sites for hydroxylation is 1. The van der Waals surface area contributed by atoms with E-state index in [2.05, 4.69) is 28.5 Å². The fourth-order valence-corrected chi connectivity index (χ4v) is 3.33. The Labute approximate surface area is 135 Å². The van der Waals surface area contributed by atoms with Crippen molar-refractivity contribution in [3.8, 4) is 0 Å². The second-order valence-corrected chi connectivity index (χ2v) is 6.01. The largest absolute Gasteiger partial charge is 0.344 e. The summed E-state index contributed by atoms with van der Waals surface area (Å²) in [6.45, 7) is 0. The van der Waals surface area contributed by atoms with Crippen LogP contribution < -0.4 is 5.32 Å². The number of amides is 1. The van der Waals surface area contributed by atoms with Crippen molar-refractivity contribution in [3.05, 3.63) is 77.5 Å². The van der Waals surface area contributed by atoms with E-state index in [1.807, 2.05) is 36.4 Å². The second-order valence-electron chi connectivity index (χ2n) is 6.01. The van der Waals surface area contributed by atoms with Crippen LogP contribution in [0.3, 0.4) is 0 Å². The Bertz CT molecular complexity index is 872. The molecule has 0 aliphatic heterocycles. The van der Waals surface area contributed by atoms with Gasteiger partial charge in [-0.3, -0.25) is 4.79 Å². The molecular weight excluding hydrogens is 284 g/mol.